The van der Waals surface area contributed by atoms with E-state index >= 15 is 0 Å². The molecule has 1 aromatic carbocycles. The fraction of sp³-hybridized carbons (Fsp3) is 0.562. The van der Waals surface area contributed by atoms with Crippen LogP contribution in [0.25, 0.3) is 0 Å². The van der Waals surface area contributed by atoms with Crippen LogP contribution in [0.4, 0.5) is 5.69 Å². The number of carbonyl (C=O) groups excluding carboxylic acids is 1. The molecular formula is C16H24N2O. The van der Waals surface area contributed by atoms with Crippen molar-refractivity contribution in [3.63, 3.8) is 0 Å². The molecule has 2 atom stereocenters. The average molecular weight is 260 g/mol. The first-order valence-corrected chi connectivity index (χ1v) is 7.23. The minimum Gasteiger partial charge on any atom is -0.382 e. The van der Waals surface area contributed by atoms with Crippen molar-refractivity contribution in [1.82, 2.24) is 5.32 Å². The van der Waals surface area contributed by atoms with E-state index in [1.165, 1.54) is 31.2 Å². The minimum atomic E-state index is -0.0269. The molecule has 3 heteroatoms. The summed E-state index contributed by atoms with van der Waals surface area (Å²) in [6.07, 6.45) is 5.08. The monoisotopic (exact) mass is 260 g/mol. The lowest BCUT2D eigenvalue weighted by molar-refractivity contribution is 0.0963. The largest absolute Gasteiger partial charge is 0.382 e. The molecule has 2 N–H and O–H groups in total. The van der Waals surface area contributed by atoms with Gasteiger partial charge in [0.2, 0.25) is 0 Å². The van der Waals surface area contributed by atoms with Crippen LogP contribution in [0.3, 0.4) is 0 Å². The van der Waals surface area contributed by atoms with Crippen molar-refractivity contribution < 1.29 is 4.79 Å². The van der Waals surface area contributed by atoms with Gasteiger partial charge in [0.05, 0.1) is 0 Å². The first kappa shape index (κ1) is 13.9. The van der Waals surface area contributed by atoms with E-state index in [2.05, 4.69) is 24.5 Å². The number of benzene rings is 1. The van der Waals surface area contributed by atoms with Crippen molar-refractivity contribution in [2.75, 3.05) is 12.4 Å². The highest BCUT2D eigenvalue weighted by atomic mass is 16.1. The summed E-state index contributed by atoms with van der Waals surface area (Å²) in [5.74, 6) is 0.834. The van der Waals surface area contributed by atoms with Crippen molar-refractivity contribution in [3.8, 4) is 0 Å². The summed E-state index contributed by atoms with van der Waals surface area (Å²) in [6.45, 7) is 4.35. The van der Waals surface area contributed by atoms with Crippen molar-refractivity contribution in [3.05, 3.63) is 29.3 Å². The van der Waals surface area contributed by atoms with Crippen molar-refractivity contribution in [1.29, 1.82) is 0 Å². The topological polar surface area (TPSA) is 41.1 Å². The summed E-state index contributed by atoms with van der Waals surface area (Å²) in [5.41, 5.74) is 3.02. The van der Waals surface area contributed by atoms with Crippen LogP contribution in [0.15, 0.2) is 18.2 Å². The predicted molar refractivity (Wildman–Crippen MR) is 79.6 cm³/mol. The second-order valence-corrected chi connectivity index (χ2v) is 5.54. The molecule has 1 aliphatic rings. The van der Waals surface area contributed by atoms with Crippen LogP contribution in [-0.2, 0) is 0 Å². The maximum absolute atomic E-state index is 11.7. The molecule has 1 amide bonds. The zero-order chi connectivity index (χ0) is 13.8. The fourth-order valence-corrected chi connectivity index (χ4v) is 2.86. The van der Waals surface area contributed by atoms with Crippen LogP contribution in [0, 0.1) is 12.8 Å². The fourth-order valence-electron chi connectivity index (χ4n) is 2.86. The molecule has 0 radical (unpaired) electrons. The molecule has 19 heavy (non-hydrogen) atoms. The molecule has 0 aliphatic heterocycles. The second-order valence-electron chi connectivity index (χ2n) is 5.54. The standard InChI is InChI=1S/C16H24N2O/c1-4-12-6-8-14(9-12)18-15-10-13(16(19)17-3)7-5-11(15)2/h5,7,10,12,14,18H,4,6,8-9H2,1-3H3,(H,17,19). The third-order valence-corrected chi connectivity index (χ3v) is 4.21. The summed E-state index contributed by atoms with van der Waals surface area (Å²) in [4.78, 5) is 11.7. The summed E-state index contributed by atoms with van der Waals surface area (Å²) in [5, 5.41) is 6.28. The molecule has 1 aromatic rings. The minimum absolute atomic E-state index is 0.0269. The molecule has 1 aliphatic carbocycles. The van der Waals surface area contributed by atoms with Gasteiger partial charge in [0.15, 0.2) is 0 Å². The van der Waals surface area contributed by atoms with Gasteiger partial charge < -0.3 is 10.6 Å². The highest BCUT2D eigenvalue weighted by Crippen LogP contribution is 2.31. The van der Waals surface area contributed by atoms with Crippen LogP contribution in [-0.4, -0.2) is 19.0 Å². The van der Waals surface area contributed by atoms with Gasteiger partial charge in [-0.2, -0.15) is 0 Å². The Kier molecular flexibility index (Phi) is 4.46. The molecule has 104 valence electrons. The smallest absolute Gasteiger partial charge is 0.251 e. The Labute approximate surface area is 115 Å². The number of amides is 1. The third kappa shape index (κ3) is 3.28. The van der Waals surface area contributed by atoms with Gasteiger partial charge in [0.1, 0.15) is 0 Å². The molecule has 0 bridgehead atoms. The van der Waals surface area contributed by atoms with Gasteiger partial charge in [0, 0.05) is 24.3 Å². The lowest BCUT2D eigenvalue weighted by Gasteiger charge is -2.17. The molecule has 2 unspecified atom stereocenters. The van der Waals surface area contributed by atoms with E-state index in [9.17, 15) is 4.79 Å². The van der Waals surface area contributed by atoms with Crippen LogP contribution >= 0.6 is 0 Å². The summed E-state index contributed by atoms with van der Waals surface area (Å²) < 4.78 is 0. The number of nitrogens with one attached hydrogen (secondary N) is 2. The number of aryl methyl sites for hydroxylation is 1. The van der Waals surface area contributed by atoms with Crippen LogP contribution in [0.2, 0.25) is 0 Å². The third-order valence-electron chi connectivity index (χ3n) is 4.21. The van der Waals surface area contributed by atoms with E-state index in [4.69, 9.17) is 0 Å². The van der Waals surface area contributed by atoms with E-state index in [-0.39, 0.29) is 5.91 Å². The maximum Gasteiger partial charge on any atom is 0.251 e. The Balaban J connectivity index is 2.09. The van der Waals surface area contributed by atoms with Gasteiger partial charge in [-0.1, -0.05) is 19.4 Å². The molecule has 1 fully saturated rings. The lowest BCUT2D eigenvalue weighted by Crippen LogP contribution is -2.20. The van der Waals surface area contributed by atoms with Crippen molar-refractivity contribution in [2.45, 2.75) is 45.6 Å². The normalized spacial score (nSPS) is 22.3. The Morgan fingerprint density at radius 1 is 1.37 bits per heavy atom. The first-order valence-electron chi connectivity index (χ1n) is 7.23. The van der Waals surface area contributed by atoms with Gasteiger partial charge in [-0.05, 0) is 49.8 Å². The number of hydrogen-bond acceptors (Lipinski definition) is 2. The summed E-state index contributed by atoms with van der Waals surface area (Å²) in [7, 11) is 1.66. The molecule has 3 nitrogen and oxygen atoms in total. The van der Waals surface area contributed by atoms with Crippen LogP contribution < -0.4 is 10.6 Å². The zero-order valence-corrected chi connectivity index (χ0v) is 12.1. The Bertz CT molecular complexity index is 456. The van der Waals surface area contributed by atoms with Crippen molar-refractivity contribution in [2.24, 2.45) is 5.92 Å². The van der Waals surface area contributed by atoms with Gasteiger partial charge in [-0.25, -0.2) is 0 Å². The van der Waals surface area contributed by atoms with Crippen LogP contribution in [0.5, 0.6) is 0 Å². The molecule has 0 aromatic heterocycles. The Hall–Kier alpha value is -1.51. The Morgan fingerprint density at radius 3 is 2.79 bits per heavy atom. The average Bonchev–Trinajstić information content (AvgIpc) is 2.88. The lowest BCUT2D eigenvalue weighted by atomic mass is 10.0. The van der Waals surface area contributed by atoms with E-state index in [1.54, 1.807) is 7.05 Å². The van der Waals surface area contributed by atoms with Gasteiger partial charge in [-0.15, -0.1) is 0 Å². The van der Waals surface area contributed by atoms with E-state index in [1.807, 2.05) is 18.2 Å². The highest BCUT2D eigenvalue weighted by molar-refractivity contribution is 5.95. The van der Waals surface area contributed by atoms with Crippen molar-refractivity contribution >= 4 is 11.6 Å². The number of carbonyl (C=O) groups is 1. The molecule has 1 saturated carbocycles. The van der Waals surface area contributed by atoms with E-state index < -0.39 is 0 Å². The first-order chi connectivity index (χ1) is 9.13. The summed E-state index contributed by atoms with van der Waals surface area (Å²) >= 11 is 0. The molecule has 0 heterocycles. The molecule has 0 spiro atoms. The van der Waals surface area contributed by atoms with Gasteiger partial charge in [-0.3, -0.25) is 4.79 Å². The number of rotatable bonds is 4. The SMILES string of the molecule is CCC1CCC(Nc2cc(C(=O)NC)ccc2C)C1. The van der Waals surface area contributed by atoms with E-state index in [0.29, 0.717) is 6.04 Å². The van der Waals surface area contributed by atoms with Gasteiger partial charge in [0.25, 0.3) is 5.91 Å². The van der Waals surface area contributed by atoms with Crippen LogP contribution in [0.1, 0.15) is 48.5 Å². The molecule has 2 rings (SSSR count). The molecular weight excluding hydrogens is 236 g/mol. The highest BCUT2D eigenvalue weighted by Gasteiger charge is 2.23. The van der Waals surface area contributed by atoms with Gasteiger partial charge >= 0.3 is 0 Å². The van der Waals surface area contributed by atoms with E-state index in [0.717, 1.165) is 17.2 Å². The quantitative estimate of drug-likeness (QED) is 0.871. The number of anilines is 1. The maximum atomic E-state index is 11.7. The number of hydrogen-bond donors (Lipinski definition) is 2. The Morgan fingerprint density at radius 2 is 2.16 bits per heavy atom. The molecule has 0 saturated heterocycles. The second kappa shape index (κ2) is 6.09. The predicted octanol–water partition coefficient (Wildman–Crippen LogP) is 3.35. The zero-order valence-electron chi connectivity index (χ0n) is 12.1. The summed E-state index contributed by atoms with van der Waals surface area (Å²) in [6, 6.07) is 6.42.